The van der Waals surface area contributed by atoms with E-state index in [4.69, 9.17) is 4.74 Å². The second-order valence-electron chi connectivity index (χ2n) is 5.83. The minimum atomic E-state index is -0.755. The maximum Gasteiger partial charge on any atom is 0.269 e. The minimum absolute atomic E-state index is 0.291. The smallest absolute Gasteiger partial charge is 0.269 e. The first-order valence-corrected chi connectivity index (χ1v) is 8.04. The van der Waals surface area contributed by atoms with Gasteiger partial charge < -0.3 is 10.1 Å². The van der Waals surface area contributed by atoms with Gasteiger partial charge in [0.05, 0.1) is 30.2 Å². The Morgan fingerprint density at radius 1 is 1.23 bits per heavy atom. The van der Waals surface area contributed by atoms with Crippen LogP contribution in [0, 0.1) is 5.82 Å². The Labute approximate surface area is 148 Å². The maximum absolute atomic E-state index is 13.6. The molecule has 3 aromatic rings. The molecule has 0 bridgehead atoms. The van der Waals surface area contributed by atoms with Gasteiger partial charge in [0, 0.05) is 18.5 Å². The van der Waals surface area contributed by atoms with Crippen molar-refractivity contribution in [2.75, 3.05) is 5.32 Å². The highest BCUT2D eigenvalue weighted by Gasteiger charge is 2.30. The molecular weight excluding hydrogens is 335 g/mol. The molecule has 0 aliphatic carbocycles. The number of pyridine rings is 1. The van der Waals surface area contributed by atoms with Gasteiger partial charge >= 0.3 is 0 Å². The summed E-state index contributed by atoms with van der Waals surface area (Å²) in [5.74, 6) is -0.480. The monoisotopic (exact) mass is 350 g/mol. The number of rotatable bonds is 5. The van der Waals surface area contributed by atoms with E-state index < -0.39 is 11.9 Å². The topological polar surface area (TPSA) is 69.0 Å². The second kappa shape index (κ2) is 6.79. The number of carbonyl (C=O) groups excluding carboxylic acids is 1. The fraction of sp³-hybridized carbons (Fsp3) is 0.105. The van der Waals surface area contributed by atoms with Gasteiger partial charge in [0.25, 0.3) is 5.91 Å². The first-order valence-electron chi connectivity index (χ1n) is 8.04. The molecule has 1 amide bonds. The van der Waals surface area contributed by atoms with Crippen molar-refractivity contribution in [3.63, 3.8) is 0 Å². The molecule has 4 rings (SSSR count). The van der Waals surface area contributed by atoms with Crippen molar-refractivity contribution in [2.24, 2.45) is 0 Å². The number of hydrogen-bond acceptors (Lipinski definition) is 4. The summed E-state index contributed by atoms with van der Waals surface area (Å²) in [4.78, 5) is 15.9. The van der Waals surface area contributed by atoms with Crippen LogP contribution in [0.4, 0.5) is 10.1 Å². The highest BCUT2D eigenvalue weighted by Crippen LogP contribution is 2.29. The van der Waals surface area contributed by atoms with Gasteiger partial charge in [-0.15, -0.1) is 0 Å². The van der Waals surface area contributed by atoms with E-state index in [9.17, 15) is 9.18 Å². The van der Waals surface area contributed by atoms with Gasteiger partial charge in [-0.1, -0.05) is 30.3 Å². The summed E-state index contributed by atoms with van der Waals surface area (Å²) >= 11 is 0. The standard InChI is InChI=1S/C19H15FN4O2/c20-16-10-21-7-6-15(16)17-8-18(26-17)19(25)23-14-9-22-24(12-14)11-13-4-2-1-3-5-13/h1-10,12,18H,11H2,(H,23,25). The summed E-state index contributed by atoms with van der Waals surface area (Å²) in [6.45, 7) is 0.613. The van der Waals surface area contributed by atoms with Crippen molar-refractivity contribution in [2.45, 2.75) is 12.6 Å². The summed E-state index contributed by atoms with van der Waals surface area (Å²) in [5.41, 5.74) is 1.98. The molecular formula is C19H15FN4O2. The highest BCUT2D eigenvalue weighted by atomic mass is 19.1. The average molecular weight is 350 g/mol. The summed E-state index contributed by atoms with van der Waals surface area (Å²) < 4.78 is 20.8. The van der Waals surface area contributed by atoms with Crippen LogP contribution in [-0.2, 0) is 16.1 Å². The molecule has 0 spiro atoms. The Balaban J connectivity index is 1.37. The van der Waals surface area contributed by atoms with Gasteiger partial charge in [-0.3, -0.25) is 14.5 Å². The van der Waals surface area contributed by atoms with Gasteiger partial charge in [0.2, 0.25) is 0 Å². The van der Waals surface area contributed by atoms with Crippen molar-refractivity contribution < 1.29 is 13.9 Å². The zero-order valence-corrected chi connectivity index (χ0v) is 13.7. The molecule has 1 unspecified atom stereocenters. The van der Waals surface area contributed by atoms with Crippen LogP contribution in [0.15, 0.2) is 67.3 Å². The third kappa shape index (κ3) is 3.32. The number of amides is 1. The summed E-state index contributed by atoms with van der Waals surface area (Å²) in [5, 5.41) is 6.97. The fourth-order valence-electron chi connectivity index (χ4n) is 2.63. The largest absolute Gasteiger partial charge is 0.476 e. The van der Waals surface area contributed by atoms with Gasteiger partial charge in [-0.05, 0) is 11.6 Å². The number of halogens is 1. The van der Waals surface area contributed by atoms with Crippen molar-refractivity contribution in [1.82, 2.24) is 14.8 Å². The van der Waals surface area contributed by atoms with E-state index in [1.165, 1.54) is 12.3 Å². The van der Waals surface area contributed by atoms with E-state index >= 15 is 0 Å². The van der Waals surface area contributed by atoms with E-state index in [1.807, 2.05) is 30.3 Å². The Kier molecular flexibility index (Phi) is 4.18. The number of aromatic nitrogens is 3. The number of hydrogen-bond donors (Lipinski definition) is 1. The summed E-state index contributed by atoms with van der Waals surface area (Å²) in [7, 11) is 0. The Bertz CT molecular complexity index is 968. The lowest BCUT2D eigenvalue weighted by Gasteiger charge is -2.26. The van der Waals surface area contributed by atoms with Gasteiger partial charge in [0.1, 0.15) is 5.76 Å². The van der Waals surface area contributed by atoms with Crippen LogP contribution in [0.2, 0.25) is 0 Å². The van der Waals surface area contributed by atoms with Crippen LogP contribution < -0.4 is 5.32 Å². The van der Waals surface area contributed by atoms with E-state index in [0.29, 0.717) is 23.6 Å². The molecule has 3 heterocycles. The van der Waals surface area contributed by atoms with Crippen LogP contribution in [-0.4, -0.2) is 26.8 Å². The van der Waals surface area contributed by atoms with E-state index in [1.54, 1.807) is 23.2 Å². The van der Waals surface area contributed by atoms with Crippen LogP contribution >= 0.6 is 0 Å². The zero-order chi connectivity index (χ0) is 17.9. The van der Waals surface area contributed by atoms with E-state index in [0.717, 1.165) is 11.8 Å². The van der Waals surface area contributed by atoms with Gasteiger partial charge in [-0.2, -0.15) is 5.10 Å². The molecule has 0 saturated heterocycles. The number of carbonyl (C=O) groups is 1. The molecule has 0 radical (unpaired) electrons. The number of nitrogens with one attached hydrogen (secondary N) is 1. The first-order chi connectivity index (χ1) is 12.7. The van der Waals surface area contributed by atoms with Crippen LogP contribution in [0.1, 0.15) is 11.1 Å². The maximum atomic E-state index is 13.6. The molecule has 1 aliphatic heterocycles. The number of ether oxygens (including phenoxy) is 1. The lowest BCUT2D eigenvalue weighted by Crippen LogP contribution is -2.34. The van der Waals surface area contributed by atoms with Crippen molar-refractivity contribution in [3.05, 3.63) is 84.2 Å². The van der Waals surface area contributed by atoms with Crippen LogP contribution in [0.25, 0.3) is 5.76 Å². The molecule has 130 valence electrons. The van der Waals surface area contributed by atoms with E-state index in [2.05, 4.69) is 15.4 Å². The molecule has 0 fully saturated rings. The SMILES string of the molecule is O=C(Nc1cnn(Cc2ccccc2)c1)C1C=C(c2ccncc2F)O1. The fourth-order valence-corrected chi connectivity index (χ4v) is 2.63. The van der Waals surface area contributed by atoms with E-state index in [-0.39, 0.29) is 5.91 Å². The quantitative estimate of drug-likeness (QED) is 0.768. The van der Waals surface area contributed by atoms with Crippen LogP contribution in [0.3, 0.4) is 0 Å². The van der Waals surface area contributed by atoms with Gasteiger partial charge in [0.15, 0.2) is 11.9 Å². The Hall–Kier alpha value is -3.48. The van der Waals surface area contributed by atoms with Gasteiger partial charge in [-0.25, -0.2) is 4.39 Å². The molecule has 1 aliphatic rings. The predicted molar refractivity (Wildman–Crippen MR) is 93.4 cm³/mol. The summed E-state index contributed by atoms with van der Waals surface area (Å²) in [6.07, 6.45) is 6.71. The van der Waals surface area contributed by atoms with Crippen LogP contribution in [0.5, 0.6) is 0 Å². The van der Waals surface area contributed by atoms with Crippen molar-refractivity contribution in [3.8, 4) is 0 Å². The molecule has 1 atom stereocenters. The molecule has 2 aromatic heterocycles. The minimum Gasteiger partial charge on any atom is -0.476 e. The normalized spacial score (nSPS) is 15.6. The highest BCUT2D eigenvalue weighted by molar-refractivity contribution is 5.98. The van der Waals surface area contributed by atoms with Crippen molar-refractivity contribution in [1.29, 1.82) is 0 Å². The number of anilines is 1. The summed E-state index contributed by atoms with van der Waals surface area (Å²) in [6, 6.07) is 11.4. The third-order valence-corrected chi connectivity index (χ3v) is 3.94. The first kappa shape index (κ1) is 16.0. The molecule has 1 N–H and O–H groups in total. The Morgan fingerprint density at radius 2 is 2.04 bits per heavy atom. The lowest BCUT2D eigenvalue weighted by atomic mass is 10.1. The lowest BCUT2D eigenvalue weighted by molar-refractivity contribution is -0.123. The second-order valence-corrected chi connectivity index (χ2v) is 5.83. The third-order valence-electron chi connectivity index (χ3n) is 3.94. The molecule has 26 heavy (non-hydrogen) atoms. The number of benzene rings is 1. The number of nitrogens with zero attached hydrogens (tertiary/aromatic N) is 3. The average Bonchev–Trinajstić information content (AvgIpc) is 3.03. The molecule has 1 aromatic carbocycles. The van der Waals surface area contributed by atoms with Crippen molar-refractivity contribution >= 4 is 17.4 Å². The zero-order valence-electron chi connectivity index (χ0n) is 13.7. The molecule has 0 saturated carbocycles. The molecule has 7 heteroatoms. The Morgan fingerprint density at radius 3 is 2.81 bits per heavy atom. The molecule has 6 nitrogen and oxygen atoms in total. The predicted octanol–water partition coefficient (Wildman–Crippen LogP) is 2.84.